The van der Waals surface area contributed by atoms with E-state index in [1.165, 1.54) is 19.2 Å². The van der Waals surface area contributed by atoms with E-state index in [1.807, 2.05) is 6.92 Å². The molecule has 0 radical (unpaired) electrons. The summed E-state index contributed by atoms with van der Waals surface area (Å²) in [6.07, 6.45) is 0. The quantitative estimate of drug-likeness (QED) is 0.469. The minimum atomic E-state index is -0.716. The molecule has 0 aliphatic heterocycles. The number of nitrogens with one attached hydrogen (secondary N) is 1. The largest absolute Gasteiger partial charge is 0.477 e. The van der Waals surface area contributed by atoms with Gasteiger partial charge < -0.3 is 14.8 Å². The number of methoxy groups -OCH3 is 1. The number of amides is 1. The van der Waals surface area contributed by atoms with Crippen molar-refractivity contribution in [3.63, 3.8) is 0 Å². The normalized spacial score (nSPS) is 10.1. The smallest absolute Gasteiger partial charge is 0.338 e. The van der Waals surface area contributed by atoms with E-state index in [2.05, 4.69) is 10.1 Å². The van der Waals surface area contributed by atoms with Crippen LogP contribution in [-0.2, 0) is 9.53 Å². The van der Waals surface area contributed by atoms with Gasteiger partial charge in [-0.05, 0) is 36.8 Å². The van der Waals surface area contributed by atoms with Crippen molar-refractivity contribution in [2.24, 2.45) is 0 Å². The molecule has 0 aromatic heterocycles. The molecular weight excluding hydrogens is 364 g/mol. The van der Waals surface area contributed by atoms with Gasteiger partial charge in [0.15, 0.2) is 12.4 Å². The Balaban J connectivity index is 2.09. The maximum Gasteiger partial charge on any atom is 0.338 e. The topological polar surface area (TPSA) is 108 Å². The van der Waals surface area contributed by atoms with E-state index in [4.69, 9.17) is 16.3 Å². The third-order valence-electron chi connectivity index (χ3n) is 3.33. The molecule has 9 heteroatoms. The zero-order valence-corrected chi connectivity index (χ0v) is 14.7. The van der Waals surface area contributed by atoms with Crippen LogP contribution in [0.5, 0.6) is 5.75 Å². The Bertz CT molecular complexity index is 868. The second-order valence-corrected chi connectivity index (χ2v) is 5.66. The van der Waals surface area contributed by atoms with E-state index in [0.29, 0.717) is 10.7 Å². The monoisotopic (exact) mass is 378 g/mol. The highest BCUT2D eigenvalue weighted by molar-refractivity contribution is 6.33. The molecule has 2 aromatic carbocycles. The molecule has 0 fully saturated rings. The minimum absolute atomic E-state index is 0.00226. The molecule has 0 saturated heterocycles. The lowest BCUT2D eigenvalue weighted by Gasteiger charge is -2.10. The number of nitro benzene ring substituents is 1. The number of halogens is 1. The van der Waals surface area contributed by atoms with Gasteiger partial charge in [-0.15, -0.1) is 0 Å². The van der Waals surface area contributed by atoms with Crippen molar-refractivity contribution >= 4 is 34.9 Å². The molecule has 0 saturated carbocycles. The summed E-state index contributed by atoms with van der Waals surface area (Å²) in [5.41, 5.74) is 0.892. The number of esters is 1. The molecule has 0 bridgehead atoms. The van der Waals surface area contributed by atoms with Crippen molar-refractivity contribution in [1.82, 2.24) is 0 Å². The lowest BCUT2D eigenvalue weighted by Crippen LogP contribution is -2.20. The first-order valence-electron chi connectivity index (χ1n) is 7.37. The highest BCUT2D eigenvalue weighted by Crippen LogP contribution is 2.28. The second kappa shape index (κ2) is 8.30. The van der Waals surface area contributed by atoms with E-state index in [-0.39, 0.29) is 11.3 Å². The molecule has 136 valence electrons. The van der Waals surface area contributed by atoms with E-state index < -0.39 is 29.1 Å². The number of nitrogens with zero attached hydrogens (tertiary/aromatic N) is 1. The summed E-state index contributed by atoms with van der Waals surface area (Å²) in [5.74, 6) is -1.40. The summed E-state index contributed by atoms with van der Waals surface area (Å²) in [7, 11) is 1.17. The summed E-state index contributed by atoms with van der Waals surface area (Å²) in [6.45, 7) is 1.39. The Kier molecular flexibility index (Phi) is 6.13. The molecule has 0 spiro atoms. The van der Waals surface area contributed by atoms with Crippen molar-refractivity contribution in [2.75, 3.05) is 19.0 Å². The van der Waals surface area contributed by atoms with Crippen molar-refractivity contribution in [2.45, 2.75) is 6.92 Å². The number of carbonyl (C=O) groups is 2. The molecule has 0 unspecified atom stereocenters. The van der Waals surface area contributed by atoms with Crippen LogP contribution in [0.15, 0.2) is 36.4 Å². The van der Waals surface area contributed by atoms with E-state index in [9.17, 15) is 19.7 Å². The van der Waals surface area contributed by atoms with Crippen molar-refractivity contribution in [1.29, 1.82) is 0 Å². The zero-order valence-electron chi connectivity index (χ0n) is 13.9. The maximum atomic E-state index is 12.0. The Morgan fingerprint density at radius 3 is 2.58 bits per heavy atom. The number of ether oxygens (including phenoxy) is 2. The number of carbonyl (C=O) groups excluding carboxylic acids is 2. The molecule has 0 aliphatic rings. The predicted molar refractivity (Wildman–Crippen MR) is 94.7 cm³/mol. The van der Waals surface area contributed by atoms with Crippen LogP contribution in [-0.4, -0.2) is 30.5 Å². The van der Waals surface area contributed by atoms with Gasteiger partial charge in [0.25, 0.3) is 5.91 Å². The fraction of sp³-hybridized carbons (Fsp3) is 0.176. The predicted octanol–water partition coefficient (Wildman–Crippen LogP) is 3.36. The van der Waals surface area contributed by atoms with Crippen LogP contribution in [0.1, 0.15) is 15.9 Å². The molecule has 8 nitrogen and oxygen atoms in total. The molecular formula is C17H15ClN2O6. The SMILES string of the molecule is COC(=O)c1ccc(OCC(=O)Nc2ccc(C)cc2Cl)c([N+](=O)[O-])c1. The first kappa shape index (κ1) is 19.2. The van der Waals surface area contributed by atoms with Crippen molar-refractivity contribution in [3.05, 3.63) is 62.7 Å². The van der Waals surface area contributed by atoms with E-state index >= 15 is 0 Å². The lowest BCUT2D eigenvalue weighted by atomic mass is 10.2. The highest BCUT2D eigenvalue weighted by Gasteiger charge is 2.20. The summed E-state index contributed by atoms with van der Waals surface area (Å²) in [5, 5.41) is 14.1. The average Bonchev–Trinajstić information content (AvgIpc) is 2.61. The second-order valence-electron chi connectivity index (χ2n) is 5.25. The third-order valence-corrected chi connectivity index (χ3v) is 3.65. The Morgan fingerprint density at radius 1 is 1.23 bits per heavy atom. The maximum absolute atomic E-state index is 12.0. The van der Waals surface area contributed by atoms with Crippen LogP contribution in [0.3, 0.4) is 0 Å². The van der Waals surface area contributed by atoms with Gasteiger partial charge in [-0.2, -0.15) is 0 Å². The molecule has 2 rings (SSSR count). The fourth-order valence-electron chi connectivity index (χ4n) is 2.08. The number of nitro groups is 1. The molecule has 2 aromatic rings. The average molecular weight is 379 g/mol. The van der Waals surface area contributed by atoms with Crippen LogP contribution in [0.25, 0.3) is 0 Å². The molecule has 1 amide bonds. The van der Waals surface area contributed by atoms with Crippen LogP contribution in [0.4, 0.5) is 11.4 Å². The summed E-state index contributed by atoms with van der Waals surface area (Å²) >= 11 is 6.03. The summed E-state index contributed by atoms with van der Waals surface area (Å²) in [6, 6.07) is 8.67. The van der Waals surface area contributed by atoms with Crippen molar-refractivity contribution < 1.29 is 24.0 Å². The Labute approximate surface area is 153 Å². The van der Waals surface area contributed by atoms with Gasteiger partial charge >= 0.3 is 11.7 Å². The van der Waals surface area contributed by atoms with Gasteiger partial charge in [-0.25, -0.2) is 4.79 Å². The number of hydrogen-bond acceptors (Lipinski definition) is 6. The molecule has 0 heterocycles. The minimum Gasteiger partial charge on any atom is -0.477 e. The van der Waals surface area contributed by atoms with Crippen LogP contribution >= 0.6 is 11.6 Å². The van der Waals surface area contributed by atoms with Gasteiger partial charge in [0.1, 0.15) is 0 Å². The van der Waals surface area contributed by atoms with Crippen LogP contribution in [0.2, 0.25) is 5.02 Å². The van der Waals surface area contributed by atoms with Crippen molar-refractivity contribution in [3.8, 4) is 5.75 Å². The highest BCUT2D eigenvalue weighted by atomic mass is 35.5. The molecule has 26 heavy (non-hydrogen) atoms. The van der Waals surface area contributed by atoms with E-state index in [0.717, 1.165) is 11.6 Å². The summed E-state index contributed by atoms with van der Waals surface area (Å²) < 4.78 is 9.73. The molecule has 0 atom stereocenters. The third kappa shape index (κ3) is 4.70. The first-order valence-corrected chi connectivity index (χ1v) is 7.75. The van der Waals surface area contributed by atoms with E-state index in [1.54, 1.807) is 18.2 Å². The van der Waals surface area contributed by atoms with Gasteiger partial charge in [-0.1, -0.05) is 17.7 Å². The van der Waals surface area contributed by atoms with Gasteiger partial charge in [0.2, 0.25) is 0 Å². The Hall–Kier alpha value is -3.13. The standard InChI is InChI=1S/C17H15ClN2O6/c1-10-3-5-13(12(18)7-10)19-16(21)9-26-15-6-4-11(17(22)25-2)8-14(15)20(23)24/h3-8H,9H2,1-2H3,(H,19,21). The lowest BCUT2D eigenvalue weighted by molar-refractivity contribution is -0.385. The first-order chi connectivity index (χ1) is 12.3. The fourth-order valence-corrected chi connectivity index (χ4v) is 2.36. The number of anilines is 1. The van der Waals surface area contributed by atoms with Gasteiger partial charge in [-0.3, -0.25) is 14.9 Å². The van der Waals surface area contributed by atoms with Gasteiger partial charge in [0, 0.05) is 6.07 Å². The Morgan fingerprint density at radius 2 is 1.96 bits per heavy atom. The number of aryl methyl sites for hydroxylation is 1. The number of benzene rings is 2. The number of rotatable bonds is 6. The van der Waals surface area contributed by atoms with Gasteiger partial charge in [0.05, 0.1) is 28.3 Å². The zero-order chi connectivity index (χ0) is 19.3. The van der Waals surface area contributed by atoms with Crippen LogP contribution in [0, 0.1) is 17.0 Å². The summed E-state index contributed by atoms with van der Waals surface area (Å²) in [4.78, 5) is 33.9. The number of hydrogen-bond donors (Lipinski definition) is 1. The molecule has 1 N–H and O–H groups in total. The molecule has 0 aliphatic carbocycles. The van der Waals surface area contributed by atoms with Crippen LogP contribution < -0.4 is 10.1 Å².